The minimum atomic E-state index is -1.21. The molecule has 0 aliphatic heterocycles. The molecule has 6 rings (SSSR count). The van der Waals surface area contributed by atoms with E-state index in [9.17, 15) is 0 Å². The van der Waals surface area contributed by atoms with E-state index in [0.717, 1.165) is 11.4 Å². The molecule has 2 atom stereocenters. The Labute approximate surface area is 269 Å². The minimum Gasteiger partial charge on any atom is -1.00 e. The van der Waals surface area contributed by atoms with Gasteiger partial charge in [-0.15, -0.1) is 0 Å². The molecule has 2 unspecified atom stereocenters. The van der Waals surface area contributed by atoms with Crippen LogP contribution in [0.4, 0.5) is 0 Å². The maximum atomic E-state index is 4.89. The van der Waals surface area contributed by atoms with Crippen molar-refractivity contribution in [3.05, 3.63) is 137 Å². The molecule has 2 nitrogen and oxygen atoms in total. The fourth-order valence-electron chi connectivity index (χ4n) is 6.23. The van der Waals surface area contributed by atoms with Gasteiger partial charge < -0.3 is 24.8 Å². The molecule has 2 aromatic carbocycles. The zero-order valence-electron chi connectivity index (χ0n) is 24.5. The van der Waals surface area contributed by atoms with Gasteiger partial charge in [-0.05, 0) is 0 Å². The normalized spacial score (nSPS) is 17.3. The zero-order chi connectivity index (χ0) is 27.4. The SMILES string of the molecule is CC(C)(C)c1cccc2c1C=[C]([Zr+2][C]1=Cc3c(cccc3C(C)(C)C)C1c1ccccn1)C2c1ccccn1.[Cl-].[Cl-]. The van der Waals surface area contributed by atoms with E-state index in [0.29, 0.717) is 0 Å². The van der Waals surface area contributed by atoms with Crippen LogP contribution in [0, 0.1) is 0 Å². The predicted molar refractivity (Wildman–Crippen MR) is 158 cm³/mol. The van der Waals surface area contributed by atoms with E-state index in [-0.39, 0.29) is 47.5 Å². The van der Waals surface area contributed by atoms with Crippen LogP contribution in [0.5, 0.6) is 0 Å². The molecule has 0 saturated carbocycles. The predicted octanol–water partition coefficient (Wildman–Crippen LogP) is 2.84. The van der Waals surface area contributed by atoms with Crippen molar-refractivity contribution >= 4 is 12.2 Å². The van der Waals surface area contributed by atoms with Crippen LogP contribution in [0.15, 0.2) is 91.8 Å². The topological polar surface area (TPSA) is 25.8 Å². The maximum absolute atomic E-state index is 4.89. The van der Waals surface area contributed by atoms with Gasteiger partial charge in [0.25, 0.3) is 0 Å². The summed E-state index contributed by atoms with van der Waals surface area (Å²) in [5.41, 5.74) is 11.0. The van der Waals surface area contributed by atoms with Crippen molar-refractivity contribution in [2.45, 2.75) is 64.2 Å². The Morgan fingerprint density at radius 2 is 0.951 bits per heavy atom. The number of rotatable bonds is 4. The molecule has 5 heteroatoms. The first-order valence-electron chi connectivity index (χ1n) is 13.9. The Bertz CT molecular complexity index is 1480. The zero-order valence-corrected chi connectivity index (χ0v) is 28.5. The second kappa shape index (κ2) is 12.1. The summed E-state index contributed by atoms with van der Waals surface area (Å²) in [7, 11) is 0. The summed E-state index contributed by atoms with van der Waals surface area (Å²) in [6, 6.07) is 26.5. The maximum Gasteiger partial charge on any atom is -1.00 e. The third kappa shape index (κ3) is 5.97. The standard InChI is InChI=1S/2C18H18N.2ClH.Zr/c2*1-18(2,3)16-8-6-7-13-14(16)10-11-15(13)17-9-4-5-12-19-17;;;/h2*4-10,12,15H,1-3H3;2*1H;/q;;;;+2/p-2. The first-order chi connectivity index (χ1) is 18.6. The Hall–Kier alpha value is -2.32. The van der Waals surface area contributed by atoms with Gasteiger partial charge in [0, 0.05) is 0 Å². The third-order valence-electron chi connectivity index (χ3n) is 8.00. The van der Waals surface area contributed by atoms with E-state index in [2.05, 4.69) is 114 Å². The molecule has 208 valence electrons. The Kier molecular flexibility index (Phi) is 9.35. The van der Waals surface area contributed by atoms with Gasteiger partial charge in [-0.25, -0.2) is 0 Å². The largest absolute Gasteiger partial charge is 1.00 e. The van der Waals surface area contributed by atoms with Crippen molar-refractivity contribution in [3.63, 3.8) is 0 Å². The first kappa shape index (κ1) is 31.6. The van der Waals surface area contributed by atoms with Gasteiger partial charge in [0.2, 0.25) is 0 Å². The molecule has 41 heavy (non-hydrogen) atoms. The van der Waals surface area contributed by atoms with E-state index in [1.54, 1.807) is 6.56 Å². The average molecular weight is 659 g/mol. The van der Waals surface area contributed by atoms with Crippen LogP contribution in [-0.2, 0) is 34.1 Å². The summed E-state index contributed by atoms with van der Waals surface area (Å²) in [6.07, 6.45) is 8.98. The van der Waals surface area contributed by atoms with Crippen LogP contribution >= 0.6 is 0 Å². The summed E-state index contributed by atoms with van der Waals surface area (Å²) in [6.45, 7) is 13.9. The van der Waals surface area contributed by atoms with Gasteiger partial charge >= 0.3 is 246 Å². The molecule has 2 aliphatic carbocycles. The molecule has 0 spiro atoms. The summed E-state index contributed by atoms with van der Waals surface area (Å²) < 4.78 is 3.17. The van der Waals surface area contributed by atoms with E-state index in [1.807, 2.05) is 24.5 Å². The Morgan fingerprint density at radius 3 is 1.29 bits per heavy atom. The number of fused-ring (bicyclic) bond motifs is 2. The van der Waals surface area contributed by atoms with E-state index >= 15 is 0 Å². The van der Waals surface area contributed by atoms with Gasteiger partial charge in [-0.2, -0.15) is 0 Å². The van der Waals surface area contributed by atoms with Crippen molar-refractivity contribution in [2.75, 3.05) is 0 Å². The molecular weight excluding hydrogens is 623 g/mol. The van der Waals surface area contributed by atoms with Gasteiger partial charge in [0.15, 0.2) is 0 Å². The van der Waals surface area contributed by atoms with Crippen molar-refractivity contribution in [3.8, 4) is 0 Å². The molecule has 0 fully saturated rings. The molecule has 0 N–H and O–H groups in total. The number of allylic oxidation sites excluding steroid dienone is 2. The fourth-order valence-corrected chi connectivity index (χ4v) is 10.3. The van der Waals surface area contributed by atoms with Crippen LogP contribution in [0.1, 0.15) is 98.1 Å². The van der Waals surface area contributed by atoms with Crippen molar-refractivity contribution < 1.29 is 48.0 Å². The number of pyridine rings is 2. The van der Waals surface area contributed by atoms with Crippen LogP contribution in [0.3, 0.4) is 0 Å². The van der Waals surface area contributed by atoms with E-state index in [4.69, 9.17) is 9.97 Å². The summed E-state index contributed by atoms with van der Waals surface area (Å²) >= 11 is -1.21. The minimum absolute atomic E-state index is 0. The molecule has 4 aromatic rings. The van der Waals surface area contributed by atoms with Crippen LogP contribution in [0.25, 0.3) is 12.2 Å². The molecule has 0 saturated heterocycles. The summed E-state index contributed by atoms with van der Waals surface area (Å²) in [5, 5.41) is 0. The number of hydrogen-bond donors (Lipinski definition) is 0. The average Bonchev–Trinajstić information content (AvgIpc) is 3.46. The van der Waals surface area contributed by atoms with Crippen LogP contribution in [0.2, 0.25) is 0 Å². The van der Waals surface area contributed by atoms with Crippen molar-refractivity contribution in [2.24, 2.45) is 0 Å². The quantitative estimate of drug-likeness (QED) is 0.338. The molecule has 0 radical (unpaired) electrons. The number of halogens is 2. The molecule has 2 heterocycles. The second-order valence-corrected chi connectivity index (χ2v) is 16.3. The van der Waals surface area contributed by atoms with Gasteiger partial charge in [-0.1, -0.05) is 0 Å². The molecular formula is C36H36Cl2N2Zr. The van der Waals surface area contributed by atoms with Crippen molar-refractivity contribution in [1.82, 2.24) is 9.97 Å². The molecule has 0 amide bonds. The Balaban J connectivity index is 0.00000194. The van der Waals surface area contributed by atoms with Crippen LogP contribution in [-0.4, -0.2) is 9.97 Å². The first-order valence-corrected chi connectivity index (χ1v) is 16.4. The van der Waals surface area contributed by atoms with Gasteiger partial charge in [0.1, 0.15) is 0 Å². The smallest absolute Gasteiger partial charge is 1.00 e. The summed E-state index contributed by atoms with van der Waals surface area (Å²) in [5.74, 6) is 0.456. The second-order valence-electron chi connectivity index (χ2n) is 12.8. The fraction of sp³-hybridized carbons (Fsp3) is 0.278. The number of aromatic nitrogens is 2. The van der Waals surface area contributed by atoms with Gasteiger partial charge in [0.05, 0.1) is 0 Å². The molecule has 2 aliphatic rings. The monoisotopic (exact) mass is 656 g/mol. The molecule has 0 bridgehead atoms. The molecule has 2 aromatic heterocycles. The summed E-state index contributed by atoms with van der Waals surface area (Å²) in [4.78, 5) is 9.79. The number of hydrogen-bond acceptors (Lipinski definition) is 2. The van der Waals surface area contributed by atoms with Crippen molar-refractivity contribution in [1.29, 1.82) is 0 Å². The van der Waals surface area contributed by atoms with Gasteiger partial charge in [-0.3, -0.25) is 0 Å². The van der Waals surface area contributed by atoms with E-state index < -0.39 is 23.2 Å². The number of benzene rings is 2. The Morgan fingerprint density at radius 1 is 0.537 bits per heavy atom. The third-order valence-corrected chi connectivity index (χ3v) is 11.5. The van der Waals surface area contributed by atoms with Crippen LogP contribution < -0.4 is 24.8 Å². The number of nitrogens with zero attached hydrogens (tertiary/aromatic N) is 2. The van der Waals surface area contributed by atoms with E-state index in [1.165, 1.54) is 33.4 Å².